The molecule has 0 bridgehead atoms. The zero-order valence-corrected chi connectivity index (χ0v) is 8.02. The van der Waals surface area contributed by atoms with Crippen molar-refractivity contribution in [1.29, 1.82) is 0 Å². The topological polar surface area (TPSA) is 69.2 Å². The van der Waals surface area contributed by atoms with E-state index in [1.165, 1.54) is 6.07 Å². The van der Waals surface area contributed by atoms with Gasteiger partial charge in [0.05, 0.1) is 4.92 Å². The molecule has 2 N–H and O–H groups in total. The highest BCUT2D eigenvalue weighted by molar-refractivity contribution is 7.13. The van der Waals surface area contributed by atoms with E-state index in [-0.39, 0.29) is 23.4 Å². The molecule has 0 aromatic carbocycles. The summed E-state index contributed by atoms with van der Waals surface area (Å²) in [5, 5.41) is 12.1. The number of nitro groups is 1. The number of hydrogen-bond donors (Lipinski definition) is 1. The van der Waals surface area contributed by atoms with Crippen LogP contribution in [0.4, 0.5) is 5.00 Å². The third kappa shape index (κ3) is 2.44. The van der Waals surface area contributed by atoms with Crippen LogP contribution in [0.15, 0.2) is 11.4 Å². The van der Waals surface area contributed by atoms with Crippen molar-refractivity contribution >= 4 is 28.7 Å². The Kier molecular flexibility index (Phi) is 4.16. The number of halogens is 1. The molecule has 4 nitrogen and oxygen atoms in total. The number of nitrogens with zero attached hydrogens (tertiary/aromatic N) is 1. The van der Waals surface area contributed by atoms with E-state index in [9.17, 15) is 10.1 Å². The molecule has 0 aliphatic heterocycles. The fraction of sp³-hybridized carbons (Fsp3) is 0.333. The third-order valence-electron chi connectivity index (χ3n) is 1.31. The van der Waals surface area contributed by atoms with Gasteiger partial charge in [0.25, 0.3) is 0 Å². The highest BCUT2D eigenvalue weighted by atomic mass is 35.5. The maximum Gasteiger partial charge on any atom is 0.324 e. The minimum Gasteiger partial charge on any atom is -0.324 e. The fourth-order valence-electron chi connectivity index (χ4n) is 0.674. The lowest BCUT2D eigenvalue weighted by Crippen LogP contribution is -2.02. The Bertz CT molecular complexity index is 274. The lowest BCUT2D eigenvalue weighted by Gasteiger charge is -1.96. The molecule has 0 saturated carbocycles. The number of rotatable bonds is 2. The van der Waals surface area contributed by atoms with Gasteiger partial charge >= 0.3 is 5.00 Å². The van der Waals surface area contributed by atoms with Crippen molar-refractivity contribution in [2.24, 2.45) is 5.73 Å². The van der Waals surface area contributed by atoms with Crippen LogP contribution in [0.25, 0.3) is 0 Å². The van der Waals surface area contributed by atoms with Crippen molar-refractivity contribution in [2.75, 3.05) is 0 Å². The molecule has 1 aromatic heterocycles. The quantitative estimate of drug-likeness (QED) is 0.598. The van der Waals surface area contributed by atoms with Gasteiger partial charge < -0.3 is 5.73 Å². The molecule has 12 heavy (non-hydrogen) atoms. The van der Waals surface area contributed by atoms with Crippen LogP contribution in [-0.4, -0.2) is 4.92 Å². The van der Waals surface area contributed by atoms with Crippen LogP contribution in [0.2, 0.25) is 0 Å². The van der Waals surface area contributed by atoms with Gasteiger partial charge in [-0.05, 0) is 12.5 Å². The highest BCUT2D eigenvalue weighted by Crippen LogP contribution is 2.25. The van der Waals surface area contributed by atoms with E-state index in [1.807, 2.05) is 0 Å². The number of thiophene rings is 1. The van der Waals surface area contributed by atoms with Crippen LogP contribution in [-0.2, 0) is 0 Å². The molecular weight excluding hydrogens is 200 g/mol. The summed E-state index contributed by atoms with van der Waals surface area (Å²) in [6.07, 6.45) is 0. The molecule has 0 amide bonds. The molecule has 0 saturated heterocycles. The van der Waals surface area contributed by atoms with E-state index in [2.05, 4.69) is 0 Å². The van der Waals surface area contributed by atoms with Gasteiger partial charge in [-0.3, -0.25) is 10.1 Å². The normalized spacial score (nSPS) is 11.8. The van der Waals surface area contributed by atoms with Crippen LogP contribution < -0.4 is 5.73 Å². The summed E-state index contributed by atoms with van der Waals surface area (Å²) in [7, 11) is 0. The molecule has 0 unspecified atom stereocenters. The summed E-state index contributed by atoms with van der Waals surface area (Å²) in [5.74, 6) is 0. The highest BCUT2D eigenvalue weighted by Gasteiger charge is 2.10. The molecule has 1 heterocycles. The van der Waals surface area contributed by atoms with Gasteiger partial charge in [-0.1, -0.05) is 11.3 Å². The van der Waals surface area contributed by atoms with E-state index in [0.29, 0.717) is 0 Å². The first kappa shape index (κ1) is 11.4. The van der Waals surface area contributed by atoms with Crippen LogP contribution in [0.3, 0.4) is 0 Å². The molecule has 0 aliphatic carbocycles. The predicted octanol–water partition coefficient (Wildman–Crippen LogP) is 2.10. The fourth-order valence-corrected chi connectivity index (χ4v) is 1.50. The Morgan fingerprint density at radius 1 is 1.75 bits per heavy atom. The minimum absolute atomic E-state index is 0. The molecule has 0 aliphatic rings. The summed E-state index contributed by atoms with van der Waals surface area (Å²) in [6.45, 7) is 1.80. The first-order chi connectivity index (χ1) is 5.11. The Balaban J connectivity index is 0.00000121. The number of hydrogen-bond acceptors (Lipinski definition) is 4. The second-order valence-corrected chi connectivity index (χ2v) is 3.15. The molecule has 6 heteroatoms. The van der Waals surface area contributed by atoms with Gasteiger partial charge in [-0.2, -0.15) is 0 Å². The monoisotopic (exact) mass is 208 g/mol. The van der Waals surface area contributed by atoms with Crippen LogP contribution in [0.1, 0.15) is 18.5 Å². The zero-order valence-electron chi connectivity index (χ0n) is 6.39. The summed E-state index contributed by atoms with van der Waals surface area (Å²) in [6, 6.07) is 1.38. The molecule has 1 aromatic rings. The van der Waals surface area contributed by atoms with Gasteiger partial charge in [-0.25, -0.2) is 0 Å². The zero-order chi connectivity index (χ0) is 8.43. The lowest BCUT2D eigenvalue weighted by molar-refractivity contribution is -0.380. The maximum absolute atomic E-state index is 10.2. The SMILES string of the molecule is C[C@@H](N)c1csc([N+](=O)[O-])c1.Cl. The van der Waals surface area contributed by atoms with E-state index in [4.69, 9.17) is 5.73 Å². The summed E-state index contributed by atoms with van der Waals surface area (Å²) in [4.78, 5) is 9.81. The van der Waals surface area contributed by atoms with Crippen molar-refractivity contribution in [3.8, 4) is 0 Å². The van der Waals surface area contributed by atoms with Crippen LogP contribution in [0, 0.1) is 10.1 Å². The van der Waals surface area contributed by atoms with Gasteiger partial charge in [0.2, 0.25) is 0 Å². The summed E-state index contributed by atoms with van der Waals surface area (Å²) >= 11 is 1.11. The molecule has 1 atom stereocenters. The minimum atomic E-state index is -0.406. The van der Waals surface area contributed by atoms with Gasteiger partial charge in [0.15, 0.2) is 0 Å². The second-order valence-electron chi connectivity index (χ2n) is 2.26. The Morgan fingerprint density at radius 2 is 2.33 bits per heavy atom. The average Bonchev–Trinajstić information content (AvgIpc) is 2.33. The standard InChI is InChI=1S/C6H8N2O2S.ClH/c1-4(7)5-2-6(8(9)10)11-3-5;/h2-4H,7H2,1H3;1H/t4-;/m1./s1. The predicted molar refractivity (Wildman–Crippen MR) is 50.8 cm³/mol. The van der Waals surface area contributed by atoms with Gasteiger partial charge in [0, 0.05) is 17.5 Å². The first-order valence-electron chi connectivity index (χ1n) is 3.09. The number of nitrogens with two attached hydrogens (primary N) is 1. The summed E-state index contributed by atoms with van der Waals surface area (Å²) in [5.41, 5.74) is 6.33. The van der Waals surface area contributed by atoms with Crippen molar-refractivity contribution in [1.82, 2.24) is 0 Å². The van der Waals surface area contributed by atoms with Crippen molar-refractivity contribution in [3.63, 3.8) is 0 Å². The van der Waals surface area contributed by atoms with Crippen LogP contribution in [0.5, 0.6) is 0 Å². The average molecular weight is 209 g/mol. The van der Waals surface area contributed by atoms with E-state index >= 15 is 0 Å². The largest absolute Gasteiger partial charge is 0.324 e. The Morgan fingerprint density at radius 3 is 2.58 bits per heavy atom. The molecular formula is C6H9ClN2O2S. The molecule has 0 radical (unpaired) electrons. The molecule has 1 rings (SSSR count). The van der Waals surface area contributed by atoms with Gasteiger partial charge in [0.1, 0.15) is 0 Å². The van der Waals surface area contributed by atoms with Crippen molar-refractivity contribution in [3.05, 3.63) is 27.1 Å². The second kappa shape index (κ2) is 4.39. The summed E-state index contributed by atoms with van der Waals surface area (Å²) < 4.78 is 0. The molecule has 68 valence electrons. The first-order valence-corrected chi connectivity index (χ1v) is 3.97. The lowest BCUT2D eigenvalue weighted by atomic mass is 10.2. The smallest absolute Gasteiger partial charge is 0.324 e. The van der Waals surface area contributed by atoms with E-state index < -0.39 is 4.92 Å². The van der Waals surface area contributed by atoms with E-state index in [1.54, 1.807) is 12.3 Å². The van der Waals surface area contributed by atoms with Crippen molar-refractivity contribution < 1.29 is 4.92 Å². The third-order valence-corrected chi connectivity index (χ3v) is 2.21. The molecule has 0 spiro atoms. The van der Waals surface area contributed by atoms with Crippen LogP contribution >= 0.6 is 23.7 Å². The van der Waals surface area contributed by atoms with Crippen molar-refractivity contribution in [2.45, 2.75) is 13.0 Å². The maximum atomic E-state index is 10.2. The Hall–Kier alpha value is -0.650. The Labute approximate surface area is 79.9 Å². The van der Waals surface area contributed by atoms with E-state index in [0.717, 1.165) is 16.9 Å². The van der Waals surface area contributed by atoms with Gasteiger partial charge in [-0.15, -0.1) is 12.4 Å². The molecule has 0 fully saturated rings.